The summed E-state index contributed by atoms with van der Waals surface area (Å²) in [7, 11) is 1.52. The molecule has 1 aromatic carbocycles. The van der Waals surface area contributed by atoms with Crippen molar-refractivity contribution in [1.29, 1.82) is 0 Å². The quantitative estimate of drug-likeness (QED) is 0.897. The molecule has 4 nitrogen and oxygen atoms in total. The van der Waals surface area contributed by atoms with Gasteiger partial charge in [-0.1, -0.05) is 12.1 Å². The third kappa shape index (κ3) is 3.47. The van der Waals surface area contributed by atoms with Crippen molar-refractivity contribution in [3.63, 3.8) is 0 Å². The van der Waals surface area contributed by atoms with Crippen LogP contribution >= 0.6 is 0 Å². The van der Waals surface area contributed by atoms with E-state index in [2.05, 4.69) is 0 Å². The number of methoxy groups -OCH3 is 1. The number of alkyl halides is 3. The van der Waals surface area contributed by atoms with Crippen LogP contribution in [0.15, 0.2) is 24.3 Å². The number of likely N-dealkylation sites (tertiary alicyclic amines) is 1. The number of carbonyl (C=O) groups is 1. The van der Waals surface area contributed by atoms with Crippen LogP contribution in [0.4, 0.5) is 13.2 Å². The molecule has 25 heavy (non-hydrogen) atoms. The highest BCUT2D eigenvalue weighted by Gasteiger charge is 2.55. The lowest BCUT2D eigenvalue weighted by Crippen LogP contribution is -2.44. The van der Waals surface area contributed by atoms with Crippen LogP contribution in [-0.2, 0) is 4.79 Å². The van der Waals surface area contributed by atoms with Gasteiger partial charge in [-0.3, -0.25) is 4.90 Å². The molecule has 1 aromatic rings. The molecule has 1 N–H and O–H groups in total. The second-order valence-electron chi connectivity index (χ2n) is 7.01. The van der Waals surface area contributed by atoms with Crippen molar-refractivity contribution in [2.75, 3.05) is 20.2 Å². The van der Waals surface area contributed by atoms with Crippen molar-refractivity contribution in [3.8, 4) is 5.75 Å². The molecule has 1 saturated carbocycles. The SMILES string of the molecule is COc1ccc([C@@H]2CN(C3CCC(F)(F)CC3)C[C@@]2(F)C(=O)O)cc1. The predicted octanol–water partition coefficient (Wildman–Crippen LogP) is 3.47. The van der Waals surface area contributed by atoms with Gasteiger partial charge in [-0.05, 0) is 30.5 Å². The zero-order valence-corrected chi connectivity index (χ0v) is 14.1. The number of aliphatic carboxylic acids is 1. The van der Waals surface area contributed by atoms with E-state index in [9.17, 15) is 18.7 Å². The van der Waals surface area contributed by atoms with E-state index in [1.54, 1.807) is 29.2 Å². The van der Waals surface area contributed by atoms with Gasteiger partial charge in [0.25, 0.3) is 0 Å². The number of rotatable bonds is 4. The highest BCUT2D eigenvalue weighted by atomic mass is 19.3. The van der Waals surface area contributed by atoms with E-state index < -0.39 is 23.5 Å². The lowest BCUT2D eigenvalue weighted by Gasteiger charge is -2.34. The van der Waals surface area contributed by atoms with Gasteiger partial charge in [-0.25, -0.2) is 18.0 Å². The van der Waals surface area contributed by atoms with E-state index in [0.717, 1.165) is 0 Å². The zero-order chi connectivity index (χ0) is 18.2. The molecule has 138 valence electrons. The lowest BCUT2D eigenvalue weighted by molar-refractivity contribution is -0.151. The molecule has 0 spiro atoms. The van der Waals surface area contributed by atoms with Crippen molar-refractivity contribution >= 4 is 5.97 Å². The van der Waals surface area contributed by atoms with Crippen LogP contribution in [-0.4, -0.2) is 53.8 Å². The summed E-state index contributed by atoms with van der Waals surface area (Å²) < 4.78 is 47.1. The van der Waals surface area contributed by atoms with Gasteiger partial charge in [-0.2, -0.15) is 0 Å². The first-order chi connectivity index (χ1) is 11.7. The highest BCUT2D eigenvalue weighted by molar-refractivity contribution is 5.80. The summed E-state index contributed by atoms with van der Waals surface area (Å²) in [5.74, 6) is -4.39. The van der Waals surface area contributed by atoms with E-state index in [0.29, 0.717) is 11.3 Å². The molecule has 1 saturated heterocycles. The van der Waals surface area contributed by atoms with Crippen LogP contribution in [0.5, 0.6) is 5.75 Å². The van der Waals surface area contributed by atoms with Crippen molar-refractivity contribution in [3.05, 3.63) is 29.8 Å². The molecule has 1 aliphatic carbocycles. The summed E-state index contributed by atoms with van der Waals surface area (Å²) in [6.45, 7) is -0.0549. The van der Waals surface area contributed by atoms with E-state index in [1.165, 1.54) is 7.11 Å². The third-order valence-electron chi connectivity index (χ3n) is 5.48. The molecule has 1 heterocycles. The molecular weight excluding hydrogens is 335 g/mol. The topological polar surface area (TPSA) is 49.8 Å². The number of benzene rings is 1. The summed E-state index contributed by atoms with van der Waals surface area (Å²) in [6, 6.07) is 6.47. The fourth-order valence-electron chi connectivity index (χ4n) is 3.94. The molecule has 1 aliphatic heterocycles. The van der Waals surface area contributed by atoms with Crippen molar-refractivity contribution < 1.29 is 27.8 Å². The minimum atomic E-state index is -2.66. The Labute approximate surface area is 144 Å². The van der Waals surface area contributed by atoms with Crippen molar-refractivity contribution in [1.82, 2.24) is 4.90 Å². The van der Waals surface area contributed by atoms with E-state index in [4.69, 9.17) is 4.74 Å². The van der Waals surface area contributed by atoms with E-state index >= 15 is 4.39 Å². The maximum atomic E-state index is 15.3. The molecule has 0 amide bonds. The Bertz CT molecular complexity index is 627. The first-order valence-corrected chi connectivity index (χ1v) is 8.43. The normalized spacial score (nSPS) is 30.3. The van der Waals surface area contributed by atoms with Gasteiger partial charge in [0.2, 0.25) is 11.6 Å². The molecule has 3 rings (SSSR count). The second kappa shape index (κ2) is 6.52. The molecule has 2 atom stereocenters. The Morgan fingerprint density at radius 1 is 1.20 bits per heavy atom. The van der Waals surface area contributed by atoms with Crippen LogP contribution in [0, 0.1) is 0 Å². The number of ether oxygens (including phenoxy) is 1. The van der Waals surface area contributed by atoms with Crippen LogP contribution in [0.25, 0.3) is 0 Å². The fourth-order valence-corrected chi connectivity index (χ4v) is 3.94. The molecule has 2 fully saturated rings. The minimum absolute atomic E-state index is 0.197. The predicted molar refractivity (Wildman–Crippen MR) is 86.0 cm³/mol. The fraction of sp³-hybridized carbons (Fsp3) is 0.611. The molecule has 0 aromatic heterocycles. The Hall–Kier alpha value is -1.76. The minimum Gasteiger partial charge on any atom is -0.497 e. The third-order valence-corrected chi connectivity index (χ3v) is 5.48. The van der Waals surface area contributed by atoms with Crippen LogP contribution < -0.4 is 4.74 Å². The number of carboxylic acid groups (broad SMARTS) is 1. The molecule has 0 bridgehead atoms. The van der Waals surface area contributed by atoms with Gasteiger partial charge < -0.3 is 9.84 Å². The van der Waals surface area contributed by atoms with Crippen LogP contribution in [0.3, 0.4) is 0 Å². The van der Waals surface area contributed by atoms with Gasteiger partial charge in [0, 0.05) is 37.9 Å². The molecular formula is C18H22F3NO3. The average Bonchev–Trinajstić information content (AvgIpc) is 2.94. The Morgan fingerprint density at radius 2 is 1.80 bits per heavy atom. The van der Waals surface area contributed by atoms with Gasteiger partial charge >= 0.3 is 5.97 Å². The number of nitrogens with zero attached hydrogens (tertiary/aromatic N) is 1. The number of hydrogen-bond acceptors (Lipinski definition) is 3. The Balaban J connectivity index is 1.80. The largest absolute Gasteiger partial charge is 0.497 e. The van der Waals surface area contributed by atoms with Crippen molar-refractivity contribution in [2.45, 2.75) is 49.2 Å². The maximum Gasteiger partial charge on any atom is 0.343 e. The van der Waals surface area contributed by atoms with Gasteiger partial charge in [0.05, 0.1) is 7.11 Å². The molecule has 7 heteroatoms. The molecule has 2 aliphatic rings. The van der Waals surface area contributed by atoms with Crippen LogP contribution in [0.2, 0.25) is 0 Å². The van der Waals surface area contributed by atoms with Crippen LogP contribution in [0.1, 0.15) is 37.2 Å². The molecule has 0 radical (unpaired) electrons. The molecule has 0 unspecified atom stereocenters. The Morgan fingerprint density at radius 3 is 2.32 bits per heavy atom. The Kier molecular flexibility index (Phi) is 4.70. The summed E-state index contributed by atoms with van der Waals surface area (Å²) in [5, 5.41) is 9.46. The van der Waals surface area contributed by atoms with Gasteiger partial charge in [-0.15, -0.1) is 0 Å². The summed E-state index contributed by atoms with van der Waals surface area (Å²) in [4.78, 5) is 13.3. The van der Waals surface area contributed by atoms with E-state index in [1.807, 2.05) is 0 Å². The summed E-state index contributed by atoms with van der Waals surface area (Å²) in [5.41, 5.74) is -1.84. The standard InChI is InChI=1S/C18H22F3NO3/c1-25-14-4-2-12(3-5-14)15-10-22(11-18(15,21)16(23)24)13-6-8-17(19,20)9-7-13/h2-5,13,15H,6-11H2,1H3,(H,23,24)/t15-,18-/m0/s1. The first kappa shape index (κ1) is 18.0. The number of halogens is 3. The zero-order valence-electron chi connectivity index (χ0n) is 14.1. The lowest BCUT2D eigenvalue weighted by atomic mass is 9.86. The van der Waals surface area contributed by atoms with Gasteiger partial charge in [0.15, 0.2) is 0 Å². The first-order valence-electron chi connectivity index (χ1n) is 8.43. The number of hydrogen-bond donors (Lipinski definition) is 1. The second-order valence-corrected chi connectivity index (χ2v) is 7.01. The number of carboxylic acids is 1. The average molecular weight is 357 g/mol. The smallest absolute Gasteiger partial charge is 0.343 e. The maximum absolute atomic E-state index is 15.3. The summed E-state index contributed by atoms with van der Waals surface area (Å²) in [6.07, 6.45) is 0.0670. The van der Waals surface area contributed by atoms with Crippen molar-refractivity contribution in [2.24, 2.45) is 0 Å². The van der Waals surface area contributed by atoms with Gasteiger partial charge in [0.1, 0.15) is 5.75 Å². The summed E-state index contributed by atoms with van der Waals surface area (Å²) >= 11 is 0. The van der Waals surface area contributed by atoms with E-state index in [-0.39, 0.29) is 44.8 Å². The highest BCUT2D eigenvalue weighted by Crippen LogP contribution is 2.44. The monoisotopic (exact) mass is 357 g/mol.